The molecule has 3 aromatic rings. The van der Waals surface area contributed by atoms with E-state index >= 15 is 8.78 Å². The van der Waals surface area contributed by atoms with Crippen LogP contribution < -0.4 is 20.0 Å². The minimum absolute atomic E-state index is 0.0903. The zero-order valence-electron chi connectivity index (χ0n) is 22.5. The lowest BCUT2D eigenvalue weighted by molar-refractivity contribution is 0.144. The number of likely N-dealkylation sites (N-methyl/N-ethyl adjacent to an activating group) is 2. The number of ether oxygens (including phenoxy) is 1. The zero-order chi connectivity index (χ0) is 28.0. The van der Waals surface area contributed by atoms with Crippen LogP contribution in [0.4, 0.5) is 25.0 Å². The highest BCUT2D eigenvalue weighted by molar-refractivity contribution is 5.86. The molecule has 39 heavy (non-hydrogen) atoms. The quantitative estimate of drug-likeness (QED) is 0.475. The van der Waals surface area contributed by atoms with Crippen LogP contribution in [0.2, 0.25) is 0 Å². The Hall–Kier alpha value is -3.70. The van der Waals surface area contributed by atoms with Gasteiger partial charge in [-0.2, -0.15) is 0 Å². The first kappa shape index (κ1) is 26.9. The third-order valence-electron chi connectivity index (χ3n) is 7.92. The Kier molecular flexibility index (Phi) is 7.21. The van der Waals surface area contributed by atoms with Gasteiger partial charge in [0.2, 0.25) is 5.43 Å². The molecular weight excluding hydrogens is 508 g/mol. The molecule has 2 aliphatic rings. The minimum Gasteiger partial charge on any atom is -0.449 e. The van der Waals surface area contributed by atoms with E-state index in [1.54, 1.807) is 12.1 Å². The van der Waals surface area contributed by atoms with E-state index in [-0.39, 0.29) is 22.6 Å². The van der Waals surface area contributed by atoms with Crippen molar-refractivity contribution >= 4 is 28.4 Å². The number of hydrogen-bond donors (Lipinski definition) is 1. The number of carboxylic acid groups (broad SMARTS) is 1. The first-order chi connectivity index (χ1) is 18.5. The number of benzene rings is 2. The van der Waals surface area contributed by atoms with Gasteiger partial charge in [-0.25, -0.2) is 13.6 Å². The average molecular weight is 542 g/mol. The lowest BCUT2D eigenvalue weighted by atomic mass is 10.1. The zero-order valence-corrected chi connectivity index (χ0v) is 22.5. The fraction of sp³-hybridized carbons (Fsp3) is 0.429. The second kappa shape index (κ2) is 10.5. The number of rotatable bonds is 6. The Bertz CT molecular complexity index is 1470. The summed E-state index contributed by atoms with van der Waals surface area (Å²) in [6.07, 6.45) is 1.28. The van der Waals surface area contributed by atoms with Crippen molar-refractivity contribution in [2.75, 3.05) is 64.2 Å². The normalized spacial score (nSPS) is 19.6. The molecular formula is C28H33F2N5O4. The SMILES string of the molecule is CN(C)C1CCN(c2ccc(-n3cc(OC(=O)O)c(=O)c4cc(F)c(N5CCC(N(C)C)C5)cc43)c(F)c2)C1. The van der Waals surface area contributed by atoms with E-state index in [0.29, 0.717) is 24.8 Å². The number of carbonyl (C=O) groups is 1. The molecule has 5 rings (SSSR count). The number of aromatic nitrogens is 1. The largest absolute Gasteiger partial charge is 0.511 e. The standard InChI is InChI=1S/C28H33F2N5O4/c1-31(2)18-7-9-33(14-18)17-5-6-23(21(29)11-17)35-16-26(39-28(37)38)27(36)20-12-22(30)25(13-24(20)35)34-10-8-19(15-34)32(3)4/h5-6,11-13,16,18-19H,7-10,14-15H2,1-4H3,(H,37,38). The topological polar surface area (TPSA) is 81.5 Å². The van der Waals surface area contributed by atoms with Crippen molar-refractivity contribution < 1.29 is 23.4 Å². The molecule has 2 unspecified atom stereocenters. The summed E-state index contributed by atoms with van der Waals surface area (Å²) < 4.78 is 37.1. The van der Waals surface area contributed by atoms with Crippen LogP contribution in [0.15, 0.2) is 41.3 Å². The van der Waals surface area contributed by atoms with Crippen molar-refractivity contribution in [2.24, 2.45) is 0 Å². The van der Waals surface area contributed by atoms with Crippen LogP contribution in [0, 0.1) is 11.6 Å². The van der Waals surface area contributed by atoms with Gasteiger partial charge in [-0.05, 0) is 71.4 Å². The summed E-state index contributed by atoms with van der Waals surface area (Å²) in [7, 11) is 8.00. The fourth-order valence-corrected chi connectivity index (χ4v) is 5.59. The highest BCUT2D eigenvalue weighted by Gasteiger charge is 2.28. The maximum absolute atomic E-state index is 15.7. The van der Waals surface area contributed by atoms with E-state index in [2.05, 4.69) is 14.7 Å². The molecule has 1 N–H and O–H groups in total. The van der Waals surface area contributed by atoms with Gasteiger partial charge in [0.05, 0.1) is 28.5 Å². The summed E-state index contributed by atoms with van der Waals surface area (Å²) in [6, 6.07) is 8.05. The predicted octanol–water partition coefficient (Wildman–Crippen LogP) is 3.61. The molecule has 2 atom stereocenters. The fourth-order valence-electron chi connectivity index (χ4n) is 5.59. The third-order valence-corrected chi connectivity index (χ3v) is 7.92. The maximum atomic E-state index is 15.7. The Morgan fingerprint density at radius 1 is 0.923 bits per heavy atom. The number of anilines is 2. The average Bonchev–Trinajstić information content (AvgIpc) is 3.56. The Balaban J connectivity index is 1.61. The predicted molar refractivity (Wildman–Crippen MR) is 147 cm³/mol. The van der Waals surface area contributed by atoms with E-state index in [4.69, 9.17) is 4.74 Å². The number of pyridine rings is 1. The second-order valence-electron chi connectivity index (χ2n) is 10.7. The molecule has 11 heteroatoms. The molecule has 2 saturated heterocycles. The molecule has 9 nitrogen and oxygen atoms in total. The smallest absolute Gasteiger partial charge is 0.449 e. The van der Waals surface area contributed by atoms with Crippen molar-refractivity contribution in [1.82, 2.24) is 14.4 Å². The molecule has 2 aromatic carbocycles. The van der Waals surface area contributed by atoms with E-state index in [1.807, 2.05) is 33.1 Å². The molecule has 0 radical (unpaired) electrons. The molecule has 3 heterocycles. The van der Waals surface area contributed by atoms with Gasteiger partial charge in [0.15, 0.2) is 5.75 Å². The first-order valence-electron chi connectivity index (χ1n) is 13.0. The molecule has 0 amide bonds. The summed E-state index contributed by atoms with van der Waals surface area (Å²) in [5.74, 6) is -1.71. The Morgan fingerprint density at radius 3 is 2.13 bits per heavy atom. The number of fused-ring (bicyclic) bond motifs is 1. The van der Waals surface area contributed by atoms with Crippen molar-refractivity contribution in [3.8, 4) is 11.4 Å². The van der Waals surface area contributed by atoms with Gasteiger partial charge >= 0.3 is 6.16 Å². The van der Waals surface area contributed by atoms with Crippen LogP contribution in [0.5, 0.6) is 5.75 Å². The molecule has 208 valence electrons. The number of hydrogen-bond acceptors (Lipinski definition) is 7. The molecule has 1 aromatic heterocycles. The van der Waals surface area contributed by atoms with Crippen LogP contribution in [0.3, 0.4) is 0 Å². The van der Waals surface area contributed by atoms with Gasteiger partial charge in [-0.15, -0.1) is 0 Å². The van der Waals surface area contributed by atoms with Gasteiger partial charge < -0.3 is 34.0 Å². The van der Waals surface area contributed by atoms with E-state index < -0.39 is 29.0 Å². The van der Waals surface area contributed by atoms with Crippen LogP contribution in [0.1, 0.15) is 12.8 Å². The van der Waals surface area contributed by atoms with E-state index in [1.165, 1.54) is 16.7 Å². The van der Waals surface area contributed by atoms with Crippen molar-refractivity contribution in [1.29, 1.82) is 0 Å². The summed E-state index contributed by atoms with van der Waals surface area (Å²) in [5, 5.41) is 9.07. The second-order valence-corrected chi connectivity index (χ2v) is 10.7. The van der Waals surface area contributed by atoms with E-state index in [0.717, 1.165) is 43.9 Å². The van der Waals surface area contributed by atoms with Gasteiger partial charge in [0, 0.05) is 44.0 Å². The lowest BCUT2D eigenvalue weighted by Crippen LogP contribution is -2.31. The molecule has 2 aliphatic heterocycles. The van der Waals surface area contributed by atoms with Gasteiger partial charge in [-0.3, -0.25) is 4.79 Å². The van der Waals surface area contributed by atoms with Crippen LogP contribution in [-0.4, -0.2) is 92.1 Å². The van der Waals surface area contributed by atoms with Crippen molar-refractivity contribution in [3.05, 3.63) is 58.4 Å². The Labute approximate surface area is 225 Å². The molecule has 0 bridgehead atoms. The van der Waals surface area contributed by atoms with Crippen LogP contribution >= 0.6 is 0 Å². The van der Waals surface area contributed by atoms with Crippen LogP contribution in [-0.2, 0) is 0 Å². The highest BCUT2D eigenvalue weighted by Crippen LogP contribution is 2.32. The van der Waals surface area contributed by atoms with Crippen molar-refractivity contribution in [2.45, 2.75) is 24.9 Å². The molecule has 0 spiro atoms. The lowest BCUT2D eigenvalue weighted by Gasteiger charge is -2.24. The monoisotopic (exact) mass is 541 g/mol. The maximum Gasteiger partial charge on any atom is 0.511 e. The summed E-state index contributed by atoms with van der Waals surface area (Å²) in [5.41, 5.74) is 0.586. The number of nitrogens with zero attached hydrogens (tertiary/aromatic N) is 5. The van der Waals surface area contributed by atoms with Crippen LogP contribution in [0.25, 0.3) is 16.6 Å². The summed E-state index contributed by atoms with van der Waals surface area (Å²) in [6.45, 7) is 2.80. The summed E-state index contributed by atoms with van der Waals surface area (Å²) >= 11 is 0. The number of halogens is 2. The third kappa shape index (κ3) is 5.16. The minimum atomic E-state index is -1.69. The highest BCUT2D eigenvalue weighted by atomic mass is 19.1. The van der Waals surface area contributed by atoms with Crippen molar-refractivity contribution in [3.63, 3.8) is 0 Å². The van der Waals surface area contributed by atoms with Gasteiger partial charge in [0.25, 0.3) is 0 Å². The first-order valence-corrected chi connectivity index (χ1v) is 13.0. The van der Waals surface area contributed by atoms with Gasteiger partial charge in [-0.1, -0.05) is 0 Å². The van der Waals surface area contributed by atoms with E-state index in [9.17, 15) is 14.7 Å². The molecule has 2 fully saturated rings. The molecule has 0 saturated carbocycles. The summed E-state index contributed by atoms with van der Waals surface area (Å²) in [4.78, 5) is 32.6. The molecule has 0 aliphatic carbocycles. The van der Waals surface area contributed by atoms with Gasteiger partial charge in [0.1, 0.15) is 11.6 Å². The Morgan fingerprint density at radius 2 is 1.54 bits per heavy atom.